The molecule has 6 rings (SSSR count). The molecule has 2 aromatic heterocycles. The van der Waals surface area contributed by atoms with Gasteiger partial charge >= 0.3 is 7.12 Å². The van der Waals surface area contributed by atoms with Gasteiger partial charge < -0.3 is 19.2 Å². The highest BCUT2D eigenvalue weighted by molar-refractivity contribution is 6.43. The smallest absolute Gasteiger partial charge is 0.455 e. The van der Waals surface area contributed by atoms with Crippen LogP contribution >= 0.6 is 0 Å². The van der Waals surface area contributed by atoms with Gasteiger partial charge in [0.2, 0.25) is 11.8 Å². The molecule has 2 amide bonds. The Morgan fingerprint density at radius 3 is 2.67 bits per heavy atom. The molecule has 1 saturated carbocycles. The number of amides is 2. The van der Waals surface area contributed by atoms with Crippen molar-refractivity contribution in [3.63, 3.8) is 0 Å². The number of hydrogen-bond acceptors (Lipinski definition) is 7. The van der Waals surface area contributed by atoms with Crippen molar-refractivity contribution in [1.82, 2.24) is 9.88 Å². The molecular formula is C31H37BN2O6. The number of rotatable bonds is 7. The molecule has 0 radical (unpaired) electrons. The normalized spacial score (nSPS) is 27.8. The molecule has 0 unspecified atom stereocenters. The third kappa shape index (κ3) is 5.11. The number of nitrogens with zero attached hydrogens (tertiary/aromatic N) is 2. The lowest BCUT2D eigenvalue weighted by Gasteiger charge is -2.42. The van der Waals surface area contributed by atoms with Crippen LogP contribution in [0.25, 0.3) is 11.6 Å². The van der Waals surface area contributed by atoms with Crippen molar-refractivity contribution in [2.45, 2.75) is 83.4 Å². The van der Waals surface area contributed by atoms with Crippen molar-refractivity contribution in [3.05, 3.63) is 64.9 Å². The summed E-state index contributed by atoms with van der Waals surface area (Å²) in [4.78, 5) is 33.5. The molecule has 40 heavy (non-hydrogen) atoms. The first-order chi connectivity index (χ1) is 19.4. The maximum Gasteiger partial charge on any atom is 0.455 e. The molecule has 9 heteroatoms. The summed E-state index contributed by atoms with van der Waals surface area (Å²) in [6.07, 6.45) is 10.5. The molecule has 2 aromatic rings. The van der Waals surface area contributed by atoms with Crippen molar-refractivity contribution >= 4 is 30.6 Å². The van der Waals surface area contributed by atoms with Gasteiger partial charge in [-0.15, -0.1) is 0 Å². The van der Waals surface area contributed by atoms with Gasteiger partial charge in [0.1, 0.15) is 18.1 Å². The lowest BCUT2D eigenvalue weighted by molar-refractivity contribution is -0.143. The van der Waals surface area contributed by atoms with Crippen LogP contribution in [0.4, 0.5) is 0 Å². The van der Waals surface area contributed by atoms with E-state index in [1.807, 2.05) is 30.3 Å². The molecule has 0 spiro atoms. The van der Waals surface area contributed by atoms with E-state index in [1.165, 1.54) is 0 Å². The van der Waals surface area contributed by atoms with Crippen LogP contribution in [-0.2, 0) is 20.9 Å². The molecule has 210 valence electrons. The van der Waals surface area contributed by atoms with Gasteiger partial charge in [0.05, 0.1) is 23.6 Å². The average molecular weight is 544 g/mol. The van der Waals surface area contributed by atoms with E-state index in [1.54, 1.807) is 17.2 Å². The van der Waals surface area contributed by atoms with Crippen LogP contribution < -0.4 is 0 Å². The van der Waals surface area contributed by atoms with Crippen molar-refractivity contribution in [2.75, 3.05) is 0 Å². The Bertz CT molecular complexity index is 1310. The number of furan rings is 1. The molecule has 2 saturated heterocycles. The Morgan fingerprint density at radius 2 is 1.95 bits per heavy atom. The highest BCUT2D eigenvalue weighted by atomic mass is 16.5. The third-order valence-corrected chi connectivity index (χ3v) is 9.25. The Labute approximate surface area is 235 Å². The van der Waals surface area contributed by atoms with E-state index in [-0.39, 0.29) is 42.4 Å². The van der Waals surface area contributed by atoms with Crippen molar-refractivity contribution in [1.29, 1.82) is 0 Å². The first kappa shape index (κ1) is 27.2. The first-order valence-electron chi connectivity index (χ1n) is 14.7. The highest BCUT2D eigenvalue weighted by Gasteiger charge is 2.57. The molecule has 3 fully saturated rings. The topological polar surface area (TPSA) is 113 Å². The lowest BCUT2D eigenvalue weighted by Crippen LogP contribution is -2.46. The molecule has 2 aliphatic carbocycles. The molecule has 8 nitrogen and oxygen atoms in total. The van der Waals surface area contributed by atoms with Crippen LogP contribution in [0.2, 0.25) is 6.32 Å². The third-order valence-electron chi connectivity index (χ3n) is 9.25. The summed E-state index contributed by atoms with van der Waals surface area (Å²) in [6.45, 7) is 1.89. The molecule has 4 atom stereocenters. The second-order valence-corrected chi connectivity index (χ2v) is 11.7. The van der Waals surface area contributed by atoms with Crippen molar-refractivity contribution in [3.8, 4) is 0 Å². The van der Waals surface area contributed by atoms with E-state index in [2.05, 4.69) is 11.9 Å². The summed E-state index contributed by atoms with van der Waals surface area (Å²) in [5.41, 5.74) is 3.95. The first-order valence-corrected chi connectivity index (χ1v) is 14.7. The van der Waals surface area contributed by atoms with Gasteiger partial charge in [0, 0.05) is 12.2 Å². The quantitative estimate of drug-likeness (QED) is 0.297. The summed E-state index contributed by atoms with van der Waals surface area (Å²) in [5, 5.41) is 20.2. The van der Waals surface area contributed by atoms with E-state index < -0.39 is 13.0 Å². The van der Waals surface area contributed by atoms with Gasteiger partial charge in [0.15, 0.2) is 0 Å². The predicted molar refractivity (Wildman–Crippen MR) is 150 cm³/mol. The molecule has 2 N–H and O–H groups in total. The van der Waals surface area contributed by atoms with Crippen molar-refractivity contribution < 1.29 is 28.8 Å². The average Bonchev–Trinajstić information content (AvgIpc) is 3.53. The Morgan fingerprint density at radius 1 is 1.12 bits per heavy atom. The molecule has 0 aromatic carbocycles. The van der Waals surface area contributed by atoms with E-state index >= 15 is 0 Å². The second kappa shape index (κ2) is 11.5. The minimum absolute atomic E-state index is 0.0149. The largest absolute Gasteiger partial charge is 0.459 e. The molecule has 4 aliphatic rings. The molecule has 4 heterocycles. The standard InChI is InChI=1S/C31H37BN2O6/c1-19-15-24-29(31(37)34(30(24)36)21-7-3-2-4-8-21)25-17-32(38)40-27(28(19)25)13-10-20(26-9-5-6-14-33-26)16-22-11-12-23(18-35)39-22/h5-6,9,11-12,14,16,21,24-25,27,29,35,38H,2-4,7-8,10,13,15,17-18H2,1H3/b20-16-/t24-,25+,27-,29-/m1/s1. The van der Waals surface area contributed by atoms with E-state index in [9.17, 15) is 19.7 Å². The zero-order chi connectivity index (χ0) is 27.8. The fourth-order valence-electron chi connectivity index (χ4n) is 7.49. The fourth-order valence-corrected chi connectivity index (χ4v) is 7.49. The van der Waals surface area contributed by atoms with Crippen LogP contribution in [0.3, 0.4) is 0 Å². The molecule has 0 bridgehead atoms. The van der Waals surface area contributed by atoms with E-state index in [0.717, 1.165) is 54.5 Å². The number of allylic oxidation sites excluding steroid dienone is 2. The Hall–Kier alpha value is -3.01. The Balaban J connectivity index is 1.26. The van der Waals surface area contributed by atoms with Crippen molar-refractivity contribution in [2.24, 2.45) is 17.8 Å². The van der Waals surface area contributed by atoms with Crippen LogP contribution in [-0.4, -0.2) is 51.1 Å². The monoisotopic (exact) mass is 544 g/mol. The van der Waals surface area contributed by atoms with Gasteiger partial charge in [-0.05, 0) is 92.8 Å². The number of aromatic nitrogens is 1. The lowest BCUT2D eigenvalue weighted by atomic mass is 9.58. The molecular weight excluding hydrogens is 507 g/mol. The number of fused-ring (bicyclic) bond motifs is 3. The van der Waals surface area contributed by atoms with E-state index in [0.29, 0.717) is 37.1 Å². The zero-order valence-electron chi connectivity index (χ0n) is 23.0. The SMILES string of the molecule is CC1=C2[C@@H](CC/C(=C/c3ccc(CO)o3)c3ccccn3)OB(O)C[C@@H]2[C@@H]2C(=O)N(C3CCCCC3)C(=O)[C@@H]2C1. The highest BCUT2D eigenvalue weighted by Crippen LogP contribution is 2.51. The summed E-state index contributed by atoms with van der Waals surface area (Å²) < 4.78 is 11.8. The maximum absolute atomic E-state index is 13.8. The number of carbonyl (C=O) groups is 2. The van der Waals surface area contributed by atoms with Gasteiger partial charge in [-0.1, -0.05) is 30.9 Å². The maximum atomic E-state index is 13.8. The van der Waals surface area contributed by atoms with Gasteiger partial charge in [-0.2, -0.15) is 0 Å². The van der Waals surface area contributed by atoms with Crippen LogP contribution in [0.1, 0.15) is 75.5 Å². The zero-order valence-corrected chi connectivity index (χ0v) is 23.0. The summed E-state index contributed by atoms with van der Waals surface area (Å²) in [5.74, 6) is 0.106. The van der Waals surface area contributed by atoms with Crippen LogP contribution in [0.5, 0.6) is 0 Å². The number of carbonyl (C=O) groups excluding carboxylic acids is 2. The van der Waals surface area contributed by atoms with E-state index in [4.69, 9.17) is 9.07 Å². The number of hydrogen-bond donors (Lipinski definition) is 2. The Kier molecular flexibility index (Phi) is 7.79. The fraction of sp³-hybridized carbons (Fsp3) is 0.516. The number of likely N-dealkylation sites (tertiary alicyclic amines) is 1. The van der Waals surface area contributed by atoms with Crippen LogP contribution in [0, 0.1) is 17.8 Å². The number of aliphatic hydroxyl groups is 1. The number of pyridine rings is 1. The van der Waals surface area contributed by atoms with Gasteiger partial charge in [-0.25, -0.2) is 0 Å². The summed E-state index contributed by atoms with van der Waals surface area (Å²) in [7, 11) is -0.989. The number of aliphatic hydroxyl groups excluding tert-OH is 1. The minimum atomic E-state index is -0.989. The summed E-state index contributed by atoms with van der Waals surface area (Å²) in [6, 6.07) is 9.33. The minimum Gasteiger partial charge on any atom is -0.459 e. The van der Waals surface area contributed by atoms with Crippen LogP contribution in [0.15, 0.2) is 52.1 Å². The molecule has 2 aliphatic heterocycles. The number of imide groups is 1. The second-order valence-electron chi connectivity index (χ2n) is 11.7. The van der Waals surface area contributed by atoms with Gasteiger partial charge in [-0.3, -0.25) is 19.5 Å². The summed E-state index contributed by atoms with van der Waals surface area (Å²) >= 11 is 0. The van der Waals surface area contributed by atoms with Gasteiger partial charge in [0.25, 0.3) is 0 Å². The predicted octanol–water partition coefficient (Wildman–Crippen LogP) is 4.64.